The van der Waals surface area contributed by atoms with Crippen molar-refractivity contribution in [1.29, 1.82) is 0 Å². The smallest absolute Gasteiger partial charge is 0.191 e. The predicted octanol–water partition coefficient (Wildman–Crippen LogP) is 2.69. The van der Waals surface area contributed by atoms with Crippen LogP contribution in [0.2, 0.25) is 0 Å². The maximum atomic E-state index is 5.60. The van der Waals surface area contributed by atoms with Crippen LogP contribution in [0.15, 0.2) is 29.3 Å². The second-order valence-corrected chi connectivity index (χ2v) is 6.21. The summed E-state index contributed by atoms with van der Waals surface area (Å²) >= 11 is 0. The van der Waals surface area contributed by atoms with Gasteiger partial charge in [-0.05, 0) is 43.9 Å². The zero-order chi connectivity index (χ0) is 16.0. The minimum atomic E-state index is 0. The molecule has 1 saturated heterocycles. The summed E-state index contributed by atoms with van der Waals surface area (Å²) in [6, 6.07) is 8.56. The van der Waals surface area contributed by atoms with Crippen molar-refractivity contribution in [3.05, 3.63) is 29.8 Å². The Morgan fingerprint density at radius 1 is 1.25 bits per heavy atom. The van der Waals surface area contributed by atoms with Gasteiger partial charge in [0.1, 0.15) is 5.75 Å². The highest BCUT2D eigenvalue weighted by Crippen LogP contribution is 2.35. The molecule has 0 bridgehead atoms. The first-order chi connectivity index (χ1) is 11.3. The maximum Gasteiger partial charge on any atom is 0.191 e. The lowest BCUT2D eigenvalue weighted by molar-refractivity contribution is 0.0513. The van der Waals surface area contributed by atoms with Gasteiger partial charge >= 0.3 is 0 Å². The lowest BCUT2D eigenvalue weighted by Gasteiger charge is -2.38. The Kier molecular flexibility index (Phi) is 7.61. The fourth-order valence-corrected chi connectivity index (χ4v) is 3.30. The van der Waals surface area contributed by atoms with Gasteiger partial charge in [0, 0.05) is 38.3 Å². The molecule has 2 aliphatic rings. The SMILES string of the molecule is CCOc1ccc(C2(CNC3=NCCCN3)CCOCC2)cc1.I. The Balaban J connectivity index is 0.00000208. The fraction of sp³-hybridized carbons (Fsp3) is 0.611. The van der Waals surface area contributed by atoms with Gasteiger partial charge < -0.3 is 20.1 Å². The number of halogens is 1. The molecule has 0 radical (unpaired) electrons. The van der Waals surface area contributed by atoms with Crippen molar-refractivity contribution in [2.75, 3.05) is 39.5 Å². The third-order valence-electron chi connectivity index (χ3n) is 4.72. The van der Waals surface area contributed by atoms with Crippen molar-refractivity contribution in [2.45, 2.75) is 31.6 Å². The van der Waals surface area contributed by atoms with E-state index in [0.717, 1.165) is 63.8 Å². The van der Waals surface area contributed by atoms with Gasteiger partial charge in [-0.1, -0.05) is 12.1 Å². The summed E-state index contributed by atoms with van der Waals surface area (Å²) in [5.41, 5.74) is 1.46. The second kappa shape index (κ2) is 9.46. The summed E-state index contributed by atoms with van der Waals surface area (Å²) in [5, 5.41) is 6.86. The van der Waals surface area contributed by atoms with E-state index in [1.54, 1.807) is 0 Å². The van der Waals surface area contributed by atoms with Crippen LogP contribution in [0.25, 0.3) is 0 Å². The van der Waals surface area contributed by atoms with E-state index < -0.39 is 0 Å². The van der Waals surface area contributed by atoms with Crippen LogP contribution in [0.5, 0.6) is 5.75 Å². The Morgan fingerprint density at radius 2 is 2.00 bits per heavy atom. The average Bonchev–Trinajstić information content (AvgIpc) is 2.63. The second-order valence-electron chi connectivity index (χ2n) is 6.21. The highest BCUT2D eigenvalue weighted by atomic mass is 127. The summed E-state index contributed by atoms with van der Waals surface area (Å²) in [7, 11) is 0. The van der Waals surface area contributed by atoms with Crippen molar-refractivity contribution >= 4 is 29.9 Å². The molecule has 0 saturated carbocycles. The van der Waals surface area contributed by atoms with Crippen LogP contribution in [0.3, 0.4) is 0 Å². The van der Waals surface area contributed by atoms with Crippen molar-refractivity contribution in [1.82, 2.24) is 10.6 Å². The van der Waals surface area contributed by atoms with Crippen molar-refractivity contribution in [3.63, 3.8) is 0 Å². The first-order valence-electron chi connectivity index (χ1n) is 8.66. The quantitative estimate of drug-likeness (QED) is 0.685. The van der Waals surface area contributed by atoms with E-state index in [0.29, 0.717) is 6.61 Å². The summed E-state index contributed by atoms with van der Waals surface area (Å²) in [5.74, 6) is 1.87. The third-order valence-corrected chi connectivity index (χ3v) is 4.72. The van der Waals surface area contributed by atoms with E-state index in [-0.39, 0.29) is 29.4 Å². The number of ether oxygens (including phenoxy) is 2. The van der Waals surface area contributed by atoms with E-state index >= 15 is 0 Å². The van der Waals surface area contributed by atoms with E-state index in [1.807, 2.05) is 6.92 Å². The largest absolute Gasteiger partial charge is 0.494 e. The van der Waals surface area contributed by atoms with Crippen LogP contribution in [-0.4, -0.2) is 45.4 Å². The van der Waals surface area contributed by atoms with Crippen LogP contribution in [0.1, 0.15) is 31.7 Å². The molecule has 24 heavy (non-hydrogen) atoms. The molecule has 0 atom stereocenters. The Labute approximate surface area is 161 Å². The normalized spacial score (nSPS) is 19.5. The number of aliphatic imine (C=N–C) groups is 1. The summed E-state index contributed by atoms with van der Waals surface area (Å²) in [6.07, 6.45) is 3.17. The van der Waals surface area contributed by atoms with Gasteiger partial charge in [-0.3, -0.25) is 4.99 Å². The zero-order valence-electron chi connectivity index (χ0n) is 14.3. The van der Waals surface area contributed by atoms with Crippen LogP contribution in [0.4, 0.5) is 0 Å². The third kappa shape index (κ3) is 4.75. The lowest BCUT2D eigenvalue weighted by Crippen LogP contribution is -2.49. The molecule has 1 aromatic carbocycles. The maximum absolute atomic E-state index is 5.60. The number of rotatable bonds is 5. The Hall–Kier alpha value is -1.02. The molecule has 134 valence electrons. The number of hydrogen-bond acceptors (Lipinski definition) is 5. The van der Waals surface area contributed by atoms with E-state index in [4.69, 9.17) is 9.47 Å². The Bertz CT molecular complexity index is 528. The Morgan fingerprint density at radius 3 is 2.62 bits per heavy atom. The van der Waals surface area contributed by atoms with E-state index in [2.05, 4.69) is 39.9 Å². The highest BCUT2D eigenvalue weighted by Gasteiger charge is 2.34. The van der Waals surface area contributed by atoms with Crippen LogP contribution in [-0.2, 0) is 10.2 Å². The standard InChI is InChI=1S/C18H27N3O2.HI/c1-2-23-16-6-4-15(5-7-16)18(8-12-22-13-9-18)14-21-17-19-10-3-11-20-17;/h4-7H,2-3,8-14H2,1H3,(H2,19,20,21);1H. The van der Waals surface area contributed by atoms with E-state index in [9.17, 15) is 0 Å². The molecular formula is C18H28IN3O2. The summed E-state index contributed by atoms with van der Waals surface area (Å²) in [6.45, 7) is 7.14. The van der Waals surface area contributed by atoms with Gasteiger partial charge in [0.05, 0.1) is 6.61 Å². The minimum absolute atomic E-state index is 0. The fourth-order valence-electron chi connectivity index (χ4n) is 3.30. The minimum Gasteiger partial charge on any atom is -0.494 e. The van der Waals surface area contributed by atoms with Crippen molar-refractivity contribution in [3.8, 4) is 5.75 Å². The molecular weight excluding hydrogens is 417 g/mol. The van der Waals surface area contributed by atoms with Crippen LogP contribution >= 0.6 is 24.0 Å². The van der Waals surface area contributed by atoms with Gasteiger partial charge in [-0.2, -0.15) is 0 Å². The number of guanidine groups is 1. The monoisotopic (exact) mass is 445 g/mol. The average molecular weight is 445 g/mol. The number of hydrogen-bond donors (Lipinski definition) is 2. The predicted molar refractivity (Wildman–Crippen MR) is 108 cm³/mol. The van der Waals surface area contributed by atoms with Gasteiger partial charge in [-0.25, -0.2) is 0 Å². The summed E-state index contributed by atoms with van der Waals surface area (Å²) < 4.78 is 11.2. The molecule has 2 N–H and O–H groups in total. The van der Waals surface area contributed by atoms with Gasteiger partial charge in [0.25, 0.3) is 0 Å². The van der Waals surface area contributed by atoms with Gasteiger partial charge in [0.2, 0.25) is 0 Å². The van der Waals surface area contributed by atoms with Gasteiger partial charge in [0.15, 0.2) is 5.96 Å². The van der Waals surface area contributed by atoms with E-state index in [1.165, 1.54) is 5.56 Å². The molecule has 2 heterocycles. The lowest BCUT2D eigenvalue weighted by atomic mass is 9.74. The number of nitrogens with zero attached hydrogens (tertiary/aromatic N) is 1. The first-order valence-corrected chi connectivity index (χ1v) is 8.66. The highest BCUT2D eigenvalue weighted by molar-refractivity contribution is 14.0. The first kappa shape index (κ1) is 19.3. The molecule has 0 amide bonds. The van der Waals surface area contributed by atoms with Crippen LogP contribution < -0.4 is 15.4 Å². The molecule has 0 aliphatic carbocycles. The summed E-state index contributed by atoms with van der Waals surface area (Å²) in [4.78, 5) is 4.52. The number of benzene rings is 1. The molecule has 1 aromatic rings. The molecule has 6 heteroatoms. The molecule has 5 nitrogen and oxygen atoms in total. The molecule has 0 unspecified atom stereocenters. The topological polar surface area (TPSA) is 54.9 Å². The zero-order valence-corrected chi connectivity index (χ0v) is 16.7. The van der Waals surface area contributed by atoms with Crippen LogP contribution in [0, 0.1) is 0 Å². The molecule has 0 aromatic heterocycles. The molecule has 3 rings (SSSR count). The van der Waals surface area contributed by atoms with Crippen molar-refractivity contribution in [2.24, 2.45) is 4.99 Å². The van der Waals surface area contributed by atoms with Crippen molar-refractivity contribution < 1.29 is 9.47 Å². The molecule has 2 aliphatic heterocycles. The molecule has 0 spiro atoms. The number of nitrogens with one attached hydrogen (secondary N) is 2. The van der Waals surface area contributed by atoms with Gasteiger partial charge in [-0.15, -0.1) is 24.0 Å². The molecule has 1 fully saturated rings.